The molecule has 1 N–H and O–H groups in total. The lowest BCUT2D eigenvalue weighted by atomic mass is 10.2. The van der Waals surface area contributed by atoms with E-state index in [-0.39, 0.29) is 0 Å². The highest BCUT2D eigenvalue weighted by Gasteiger charge is 2.08. The third-order valence-corrected chi connectivity index (χ3v) is 3.53. The normalized spacial score (nSPS) is 11.2. The van der Waals surface area contributed by atoms with E-state index in [9.17, 15) is 0 Å². The maximum atomic E-state index is 5.95. The molecule has 0 saturated heterocycles. The second kappa shape index (κ2) is 6.80. The van der Waals surface area contributed by atoms with Crippen molar-refractivity contribution in [3.63, 3.8) is 0 Å². The summed E-state index contributed by atoms with van der Waals surface area (Å²) in [5, 5.41) is 9.32. The Kier molecular flexibility index (Phi) is 4.57. The first-order valence-corrected chi connectivity index (χ1v) is 7.83. The van der Waals surface area contributed by atoms with E-state index in [1.54, 1.807) is 10.9 Å². The molecule has 24 heavy (non-hydrogen) atoms. The number of nitrogens with one attached hydrogen (secondary N) is 1. The monoisotopic (exact) mass is 340 g/mol. The molecule has 0 unspecified atom stereocenters. The van der Waals surface area contributed by atoms with Crippen molar-refractivity contribution in [3.8, 4) is 5.82 Å². The fourth-order valence-electron chi connectivity index (χ4n) is 2.34. The van der Waals surface area contributed by atoms with Gasteiger partial charge in [0.15, 0.2) is 11.6 Å². The van der Waals surface area contributed by atoms with E-state index in [1.165, 1.54) is 0 Å². The second-order valence-corrected chi connectivity index (χ2v) is 5.86. The highest BCUT2D eigenvalue weighted by atomic mass is 35.5. The van der Waals surface area contributed by atoms with Gasteiger partial charge in [-0.25, -0.2) is 14.6 Å². The summed E-state index contributed by atoms with van der Waals surface area (Å²) in [5.74, 6) is 1.94. The molecular formula is C17H17ClN6. The molecule has 2 heterocycles. The highest BCUT2D eigenvalue weighted by molar-refractivity contribution is 6.30. The summed E-state index contributed by atoms with van der Waals surface area (Å²) in [6, 6.07) is 11.3. The van der Waals surface area contributed by atoms with E-state index < -0.39 is 0 Å². The van der Waals surface area contributed by atoms with Crippen LogP contribution in [0.4, 0.5) is 5.82 Å². The maximum absolute atomic E-state index is 5.95. The van der Waals surface area contributed by atoms with Gasteiger partial charge in [0.05, 0.1) is 11.9 Å². The quantitative estimate of drug-likeness (QED) is 0.581. The van der Waals surface area contributed by atoms with Crippen molar-refractivity contribution in [3.05, 3.63) is 64.2 Å². The van der Waals surface area contributed by atoms with Crippen LogP contribution >= 0.6 is 11.6 Å². The number of hydrogen-bond acceptors (Lipinski definition) is 5. The molecule has 122 valence electrons. The second-order valence-electron chi connectivity index (χ2n) is 5.42. The fourth-order valence-corrected chi connectivity index (χ4v) is 2.54. The largest absolute Gasteiger partial charge is 0.261 e. The Labute approximate surface area is 145 Å². The Balaban J connectivity index is 1.83. The molecule has 2 aromatic heterocycles. The van der Waals surface area contributed by atoms with E-state index in [4.69, 9.17) is 11.6 Å². The van der Waals surface area contributed by atoms with Gasteiger partial charge in [-0.2, -0.15) is 10.2 Å². The Morgan fingerprint density at radius 3 is 2.67 bits per heavy atom. The summed E-state index contributed by atoms with van der Waals surface area (Å²) in [6.45, 7) is 5.77. The fraction of sp³-hybridized carbons (Fsp3) is 0.176. The summed E-state index contributed by atoms with van der Waals surface area (Å²) in [5.41, 5.74) is 5.78. The van der Waals surface area contributed by atoms with Gasteiger partial charge in [0.25, 0.3) is 0 Å². The van der Waals surface area contributed by atoms with Gasteiger partial charge in [-0.3, -0.25) is 5.43 Å². The molecule has 0 radical (unpaired) electrons. The van der Waals surface area contributed by atoms with E-state index in [1.807, 2.05) is 57.2 Å². The average molecular weight is 341 g/mol. The van der Waals surface area contributed by atoms with Gasteiger partial charge < -0.3 is 0 Å². The van der Waals surface area contributed by atoms with Gasteiger partial charge >= 0.3 is 0 Å². The molecule has 3 rings (SSSR count). The van der Waals surface area contributed by atoms with Crippen LogP contribution < -0.4 is 5.43 Å². The summed E-state index contributed by atoms with van der Waals surface area (Å²) < 4.78 is 1.79. The summed E-state index contributed by atoms with van der Waals surface area (Å²) in [7, 11) is 0. The Hall–Kier alpha value is -2.73. The molecule has 6 nitrogen and oxygen atoms in total. The van der Waals surface area contributed by atoms with Crippen LogP contribution in [-0.2, 0) is 0 Å². The predicted octanol–water partition coefficient (Wildman–Crippen LogP) is 3.69. The number of hydrogen-bond donors (Lipinski definition) is 1. The minimum atomic E-state index is 0.600. The number of halogens is 1. The zero-order chi connectivity index (χ0) is 17.1. The first-order chi connectivity index (χ1) is 11.5. The van der Waals surface area contributed by atoms with Gasteiger partial charge in [0.2, 0.25) is 0 Å². The molecular weight excluding hydrogens is 324 g/mol. The van der Waals surface area contributed by atoms with E-state index in [2.05, 4.69) is 25.6 Å². The summed E-state index contributed by atoms with van der Waals surface area (Å²) in [6.07, 6.45) is 1.69. The van der Waals surface area contributed by atoms with Crippen LogP contribution in [0.3, 0.4) is 0 Å². The molecule has 0 aliphatic carbocycles. The van der Waals surface area contributed by atoms with Crippen molar-refractivity contribution in [2.45, 2.75) is 20.8 Å². The highest BCUT2D eigenvalue weighted by Crippen LogP contribution is 2.14. The van der Waals surface area contributed by atoms with E-state index in [0.29, 0.717) is 22.5 Å². The van der Waals surface area contributed by atoms with Crippen molar-refractivity contribution in [1.29, 1.82) is 0 Å². The lowest BCUT2D eigenvalue weighted by Crippen LogP contribution is -2.06. The molecule has 0 fully saturated rings. The Morgan fingerprint density at radius 2 is 1.96 bits per heavy atom. The zero-order valence-electron chi connectivity index (χ0n) is 13.7. The third-order valence-electron chi connectivity index (χ3n) is 3.29. The van der Waals surface area contributed by atoms with Crippen LogP contribution in [-0.4, -0.2) is 26.0 Å². The van der Waals surface area contributed by atoms with Crippen LogP contribution in [0, 0.1) is 20.8 Å². The number of aryl methyl sites for hydroxylation is 3. The summed E-state index contributed by atoms with van der Waals surface area (Å²) in [4.78, 5) is 8.78. The molecule has 1 aromatic carbocycles. The van der Waals surface area contributed by atoms with Gasteiger partial charge in [0, 0.05) is 16.8 Å². The summed E-state index contributed by atoms with van der Waals surface area (Å²) >= 11 is 5.95. The number of rotatable bonds is 4. The van der Waals surface area contributed by atoms with Crippen molar-refractivity contribution < 1.29 is 0 Å². The van der Waals surface area contributed by atoms with Gasteiger partial charge in [-0.15, -0.1) is 0 Å². The van der Waals surface area contributed by atoms with Crippen molar-refractivity contribution in [2.75, 3.05) is 5.43 Å². The smallest absolute Gasteiger partial charge is 0.159 e. The Morgan fingerprint density at radius 1 is 1.12 bits per heavy atom. The topological polar surface area (TPSA) is 68.0 Å². The number of nitrogens with zero attached hydrogens (tertiary/aromatic N) is 5. The first kappa shape index (κ1) is 16.1. The van der Waals surface area contributed by atoms with Crippen LogP contribution in [0.1, 0.15) is 22.8 Å². The van der Waals surface area contributed by atoms with Crippen molar-refractivity contribution in [1.82, 2.24) is 19.7 Å². The van der Waals surface area contributed by atoms with Crippen LogP contribution in [0.5, 0.6) is 0 Å². The first-order valence-electron chi connectivity index (χ1n) is 7.45. The lowest BCUT2D eigenvalue weighted by molar-refractivity contribution is 0.793. The third kappa shape index (κ3) is 3.78. The molecule has 0 amide bonds. The average Bonchev–Trinajstić information content (AvgIpc) is 2.85. The van der Waals surface area contributed by atoms with Gasteiger partial charge in [-0.1, -0.05) is 23.7 Å². The van der Waals surface area contributed by atoms with Crippen molar-refractivity contribution >= 4 is 23.6 Å². The molecule has 0 aliphatic rings. The number of benzene rings is 1. The van der Waals surface area contributed by atoms with Crippen molar-refractivity contribution in [2.24, 2.45) is 5.10 Å². The number of hydrazone groups is 1. The van der Waals surface area contributed by atoms with E-state index in [0.717, 1.165) is 17.0 Å². The molecule has 7 heteroatoms. The standard InChI is InChI=1S/C17H17ClN6/c1-11-7-12(2)24(23-11)17-9-16(20-13(3)21-17)22-19-10-14-5-4-6-15(18)8-14/h4-10H,1-3H3,(H,20,21,22)/b19-10+. The SMILES string of the molecule is Cc1cc(C)n(-c2cc(N/N=C/c3cccc(Cl)c3)nc(C)n2)n1. The van der Waals surface area contributed by atoms with Gasteiger partial charge in [-0.05, 0) is 44.5 Å². The molecule has 3 aromatic rings. The molecule has 0 bridgehead atoms. The molecule has 0 atom stereocenters. The zero-order valence-corrected chi connectivity index (χ0v) is 14.4. The molecule has 0 aliphatic heterocycles. The Bertz CT molecular complexity index is 900. The van der Waals surface area contributed by atoms with E-state index >= 15 is 0 Å². The van der Waals surface area contributed by atoms with Crippen LogP contribution in [0.25, 0.3) is 5.82 Å². The minimum absolute atomic E-state index is 0.600. The minimum Gasteiger partial charge on any atom is -0.261 e. The predicted molar refractivity (Wildman–Crippen MR) is 96.0 cm³/mol. The molecule has 0 saturated carbocycles. The molecule has 0 spiro atoms. The van der Waals surface area contributed by atoms with Crippen LogP contribution in [0.15, 0.2) is 41.5 Å². The number of aromatic nitrogens is 4. The number of anilines is 1. The lowest BCUT2D eigenvalue weighted by Gasteiger charge is -2.07. The van der Waals surface area contributed by atoms with Crippen LogP contribution in [0.2, 0.25) is 5.02 Å². The van der Waals surface area contributed by atoms with Gasteiger partial charge in [0.1, 0.15) is 5.82 Å². The maximum Gasteiger partial charge on any atom is 0.159 e.